The lowest BCUT2D eigenvalue weighted by atomic mass is 9.73. The van der Waals surface area contributed by atoms with E-state index in [9.17, 15) is 19.2 Å². The largest absolute Gasteiger partial charge is 0.379 e. The highest BCUT2D eigenvalue weighted by Crippen LogP contribution is 2.35. The van der Waals surface area contributed by atoms with Gasteiger partial charge in [0.05, 0.1) is 43.3 Å². The van der Waals surface area contributed by atoms with Crippen molar-refractivity contribution in [3.05, 3.63) is 0 Å². The molecule has 0 bridgehead atoms. The number of ketones is 1. The van der Waals surface area contributed by atoms with Crippen LogP contribution >= 0.6 is 0 Å². The van der Waals surface area contributed by atoms with Gasteiger partial charge < -0.3 is 24.6 Å². The van der Waals surface area contributed by atoms with Crippen LogP contribution in [0.25, 0.3) is 0 Å². The van der Waals surface area contributed by atoms with Crippen molar-refractivity contribution in [2.75, 3.05) is 41.4 Å². The number of nitrogens with one attached hydrogen (secondary N) is 1. The number of ether oxygens (including phenoxy) is 2. The molecule has 0 spiro atoms. The summed E-state index contributed by atoms with van der Waals surface area (Å²) in [7, 11) is 6.96. The fourth-order valence-corrected chi connectivity index (χ4v) is 7.88. The van der Waals surface area contributed by atoms with Crippen LogP contribution in [0, 0.1) is 23.2 Å². The molecule has 286 valence electrons. The first-order valence-corrected chi connectivity index (χ1v) is 19.0. The number of amides is 3. The fourth-order valence-electron chi connectivity index (χ4n) is 7.88. The molecule has 0 saturated carbocycles. The number of carbonyl (C=O) groups is 4. The molecule has 0 radical (unpaired) electrons. The molecular formula is C39H74N4O6. The van der Waals surface area contributed by atoms with Gasteiger partial charge in [-0.15, -0.1) is 0 Å². The maximum atomic E-state index is 14.0. The summed E-state index contributed by atoms with van der Waals surface area (Å²) in [5.74, 6) is -0.540. The standard InChI is InChI=1S/C39H74N4O6/c1-16-27(8)34(41(12)32(45)25-40-37(47)33(26(6)7)42(13)39(11,19-4)20-5)30(48-14)24-31(44)43-23-21-22-29(43)35(49-15)28(9)36(46)38(10,17-2)18-3/h26-30,33-35H,16-25H2,1-15H3,(H,40,47). The molecule has 1 saturated heterocycles. The quantitative estimate of drug-likeness (QED) is 0.149. The van der Waals surface area contributed by atoms with Crippen LogP contribution < -0.4 is 5.32 Å². The minimum atomic E-state index is -0.554. The van der Waals surface area contributed by atoms with Gasteiger partial charge >= 0.3 is 0 Å². The summed E-state index contributed by atoms with van der Waals surface area (Å²) in [5.41, 5.74) is -0.564. The van der Waals surface area contributed by atoms with Gasteiger partial charge in [0, 0.05) is 44.7 Å². The first kappa shape index (κ1) is 45.0. The molecule has 1 aliphatic heterocycles. The Morgan fingerprint density at radius 3 is 1.92 bits per heavy atom. The van der Waals surface area contributed by atoms with E-state index in [1.54, 1.807) is 26.2 Å². The molecule has 0 aliphatic carbocycles. The minimum Gasteiger partial charge on any atom is -0.379 e. The Kier molecular flexibility index (Phi) is 18.5. The van der Waals surface area contributed by atoms with E-state index in [1.165, 1.54) is 0 Å². The van der Waals surface area contributed by atoms with Gasteiger partial charge in [-0.3, -0.25) is 24.1 Å². The van der Waals surface area contributed by atoms with E-state index < -0.39 is 17.6 Å². The van der Waals surface area contributed by atoms with Crippen LogP contribution in [0.2, 0.25) is 0 Å². The summed E-state index contributed by atoms with van der Waals surface area (Å²) >= 11 is 0. The highest BCUT2D eigenvalue weighted by Gasteiger charge is 2.45. The van der Waals surface area contributed by atoms with Crippen molar-refractivity contribution < 1.29 is 28.7 Å². The van der Waals surface area contributed by atoms with E-state index >= 15 is 0 Å². The molecule has 0 aromatic heterocycles. The summed E-state index contributed by atoms with van der Waals surface area (Å²) in [6, 6.07) is -0.972. The zero-order chi connectivity index (χ0) is 37.9. The number of rotatable bonds is 22. The van der Waals surface area contributed by atoms with Crippen LogP contribution in [0.1, 0.15) is 128 Å². The summed E-state index contributed by atoms with van der Waals surface area (Å²) in [4.78, 5) is 60.6. The maximum Gasteiger partial charge on any atom is 0.242 e. The van der Waals surface area contributed by atoms with Crippen molar-refractivity contribution >= 4 is 23.5 Å². The molecule has 10 heteroatoms. The predicted molar refractivity (Wildman–Crippen MR) is 198 cm³/mol. The molecule has 7 unspecified atom stereocenters. The van der Waals surface area contributed by atoms with Gasteiger partial charge in [-0.1, -0.05) is 75.7 Å². The Morgan fingerprint density at radius 2 is 1.47 bits per heavy atom. The van der Waals surface area contributed by atoms with Crippen LogP contribution in [0.15, 0.2) is 0 Å². The van der Waals surface area contributed by atoms with Gasteiger partial charge in [0.15, 0.2) is 0 Å². The second-order valence-electron chi connectivity index (χ2n) is 15.5. The van der Waals surface area contributed by atoms with Gasteiger partial charge in [-0.25, -0.2) is 0 Å². The first-order chi connectivity index (χ1) is 22.9. The zero-order valence-electron chi connectivity index (χ0n) is 34.0. The summed E-state index contributed by atoms with van der Waals surface area (Å²) in [5, 5.41) is 2.93. The molecule has 49 heavy (non-hydrogen) atoms. The Bertz CT molecular complexity index is 1060. The lowest BCUT2D eigenvalue weighted by Crippen LogP contribution is -2.58. The summed E-state index contributed by atoms with van der Waals surface area (Å²) < 4.78 is 12.0. The van der Waals surface area contributed by atoms with E-state index in [-0.39, 0.29) is 77.9 Å². The third kappa shape index (κ3) is 10.7. The van der Waals surface area contributed by atoms with Gasteiger partial charge in [-0.05, 0) is 64.3 Å². The number of likely N-dealkylation sites (tertiary alicyclic amines) is 1. The Balaban J connectivity index is 3.18. The highest BCUT2D eigenvalue weighted by atomic mass is 16.5. The van der Waals surface area contributed by atoms with Crippen LogP contribution in [0.5, 0.6) is 0 Å². The summed E-state index contributed by atoms with van der Waals surface area (Å²) in [6.07, 6.45) is 4.84. The van der Waals surface area contributed by atoms with Crippen LogP contribution in [0.4, 0.5) is 0 Å². The SMILES string of the molecule is CCC(C)C(C(CC(=O)N1CCCC1C(OC)C(C)C(=O)C(C)(CC)CC)OC)N(C)C(=O)CNC(=O)C(C(C)C)N(C)C(C)(CC)CC. The Morgan fingerprint density at radius 1 is 0.898 bits per heavy atom. The zero-order valence-corrected chi connectivity index (χ0v) is 34.0. The molecule has 1 rings (SSSR count). The third-order valence-corrected chi connectivity index (χ3v) is 12.6. The van der Waals surface area contributed by atoms with Crippen molar-refractivity contribution in [1.29, 1.82) is 0 Å². The molecule has 7 atom stereocenters. The smallest absolute Gasteiger partial charge is 0.242 e. The summed E-state index contributed by atoms with van der Waals surface area (Å²) in [6.45, 7) is 23.1. The van der Waals surface area contributed by atoms with Gasteiger partial charge in [0.2, 0.25) is 17.7 Å². The number of nitrogens with zero attached hydrogens (tertiary/aromatic N) is 3. The van der Waals surface area contributed by atoms with Crippen molar-refractivity contribution in [1.82, 2.24) is 20.0 Å². The predicted octanol–water partition coefficient (Wildman–Crippen LogP) is 5.95. The molecule has 1 aliphatic rings. The topological polar surface area (TPSA) is 108 Å². The minimum absolute atomic E-state index is 0.0336. The number of likely N-dealkylation sites (N-methyl/N-ethyl adjacent to an activating group) is 2. The Labute approximate surface area is 299 Å². The van der Waals surface area contributed by atoms with Crippen molar-refractivity contribution in [2.45, 2.75) is 163 Å². The number of carbonyl (C=O) groups excluding carboxylic acids is 4. The monoisotopic (exact) mass is 695 g/mol. The third-order valence-electron chi connectivity index (χ3n) is 12.6. The fraction of sp³-hybridized carbons (Fsp3) is 0.897. The molecule has 10 nitrogen and oxygen atoms in total. The second-order valence-corrected chi connectivity index (χ2v) is 15.5. The number of hydrogen-bond donors (Lipinski definition) is 1. The number of methoxy groups -OCH3 is 2. The van der Waals surface area contributed by atoms with Crippen molar-refractivity contribution in [3.8, 4) is 0 Å². The van der Waals surface area contributed by atoms with Gasteiger partial charge in [-0.2, -0.15) is 0 Å². The van der Waals surface area contributed by atoms with Crippen LogP contribution in [0.3, 0.4) is 0 Å². The van der Waals surface area contributed by atoms with Crippen LogP contribution in [-0.4, -0.2) is 115 Å². The average Bonchev–Trinajstić information content (AvgIpc) is 3.58. The molecular weight excluding hydrogens is 620 g/mol. The highest BCUT2D eigenvalue weighted by molar-refractivity contribution is 5.88. The number of hydrogen-bond acceptors (Lipinski definition) is 7. The van der Waals surface area contributed by atoms with E-state index in [4.69, 9.17) is 9.47 Å². The normalized spacial score (nSPS) is 19.4. The molecule has 0 aromatic carbocycles. The van der Waals surface area contributed by atoms with Gasteiger partial charge in [0.1, 0.15) is 5.78 Å². The van der Waals surface area contributed by atoms with E-state index in [0.717, 1.165) is 44.9 Å². The van der Waals surface area contributed by atoms with E-state index in [0.29, 0.717) is 6.54 Å². The lowest BCUT2D eigenvalue weighted by Gasteiger charge is -2.43. The molecule has 1 heterocycles. The Hall–Kier alpha value is -2.04. The van der Waals surface area contributed by atoms with E-state index in [2.05, 4.69) is 44.8 Å². The maximum absolute atomic E-state index is 14.0. The van der Waals surface area contributed by atoms with Gasteiger partial charge in [0.25, 0.3) is 0 Å². The first-order valence-electron chi connectivity index (χ1n) is 19.0. The average molecular weight is 695 g/mol. The lowest BCUT2D eigenvalue weighted by molar-refractivity contribution is -0.147. The molecule has 1 N–H and O–H groups in total. The van der Waals surface area contributed by atoms with Crippen LogP contribution in [-0.2, 0) is 28.7 Å². The molecule has 0 aromatic rings. The second kappa shape index (κ2) is 20.1. The molecule has 1 fully saturated rings. The molecule has 3 amide bonds. The van der Waals surface area contributed by atoms with E-state index in [1.807, 2.05) is 53.5 Å². The van der Waals surface area contributed by atoms with Crippen molar-refractivity contribution in [3.63, 3.8) is 0 Å². The van der Waals surface area contributed by atoms with Crippen molar-refractivity contribution in [2.24, 2.45) is 23.2 Å². The number of Topliss-reactive ketones (excluding diaryl/α,β-unsaturated/α-hetero) is 1.